The minimum absolute atomic E-state index is 0.00517. The summed E-state index contributed by atoms with van der Waals surface area (Å²) < 4.78 is 10.4. The summed E-state index contributed by atoms with van der Waals surface area (Å²) in [5.74, 6) is 0.328. The van der Waals surface area contributed by atoms with E-state index in [4.69, 9.17) is 9.47 Å². The molecular formula is C15H20N2O4. The number of carbonyl (C=O) groups excluding carboxylic acids is 2. The Labute approximate surface area is 124 Å². The van der Waals surface area contributed by atoms with E-state index in [1.54, 1.807) is 30.0 Å². The predicted molar refractivity (Wildman–Crippen MR) is 79.7 cm³/mol. The van der Waals surface area contributed by atoms with Crippen molar-refractivity contribution in [3.8, 4) is 5.75 Å². The SMILES string of the molecule is CCCN1C(=O)C(C)Oc2cc(NC(=O)COC)ccc21. The van der Waals surface area contributed by atoms with Crippen LogP contribution < -0.4 is 15.0 Å². The fraction of sp³-hybridized carbons (Fsp3) is 0.467. The van der Waals surface area contributed by atoms with Crippen molar-refractivity contribution >= 4 is 23.2 Å². The molecule has 0 aliphatic carbocycles. The van der Waals surface area contributed by atoms with Gasteiger partial charge in [0.05, 0.1) is 5.69 Å². The van der Waals surface area contributed by atoms with Gasteiger partial charge in [0.25, 0.3) is 5.91 Å². The number of rotatable bonds is 5. The molecule has 6 heteroatoms. The molecule has 1 aromatic rings. The highest BCUT2D eigenvalue weighted by atomic mass is 16.5. The third-order valence-corrected chi connectivity index (χ3v) is 3.17. The number of hydrogen-bond donors (Lipinski definition) is 1. The van der Waals surface area contributed by atoms with Crippen LogP contribution in [0.2, 0.25) is 0 Å². The Bertz CT molecular complexity index is 544. The average Bonchev–Trinajstić information content (AvgIpc) is 2.44. The van der Waals surface area contributed by atoms with Crippen LogP contribution in [0.1, 0.15) is 20.3 Å². The number of fused-ring (bicyclic) bond motifs is 1. The van der Waals surface area contributed by atoms with Crippen molar-refractivity contribution in [3.63, 3.8) is 0 Å². The molecule has 0 saturated heterocycles. The average molecular weight is 292 g/mol. The minimum Gasteiger partial charge on any atom is -0.479 e. The van der Waals surface area contributed by atoms with E-state index >= 15 is 0 Å². The Balaban J connectivity index is 2.25. The highest BCUT2D eigenvalue weighted by Crippen LogP contribution is 2.36. The molecule has 0 bridgehead atoms. The molecule has 2 rings (SSSR count). The molecule has 1 aliphatic heterocycles. The Morgan fingerprint density at radius 2 is 2.24 bits per heavy atom. The van der Waals surface area contributed by atoms with Crippen molar-refractivity contribution in [2.24, 2.45) is 0 Å². The van der Waals surface area contributed by atoms with E-state index in [0.29, 0.717) is 18.0 Å². The monoisotopic (exact) mass is 292 g/mol. The zero-order valence-corrected chi connectivity index (χ0v) is 12.5. The summed E-state index contributed by atoms with van der Waals surface area (Å²) in [4.78, 5) is 25.4. The molecule has 1 N–H and O–H groups in total. The summed E-state index contributed by atoms with van der Waals surface area (Å²) >= 11 is 0. The molecule has 21 heavy (non-hydrogen) atoms. The summed E-state index contributed by atoms with van der Waals surface area (Å²) in [7, 11) is 1.46. The van der Waals surface area contributed by atoms with Gasteiger partial charge in [-0.1, -0.05) is 6.92 Å². The van der Waals surface area contributed by atoms with Gasteiger partial charge >= 0.3 is 0 Å². The van der Waals surface area contributed by atoms with Crippen molar-refractivity contribution in [1.82, 2.24) is 0 Å². The van der Waals surface area contributed by atoms with Crippen LogP contribution in [0.15, 0.2) is 18.2 Å². The molecule has 1 unspecified atom stereocenters. The number of anilines is 2. The second-order valence-corrected chi connectivity index (χ2v) is 4.91. The van der Waals surface area contributed by atoms with E-state index in [-0.39, 0.29) is 18.4 Å². The molecular weight excluding hydrogens is 272 g/mol. The van der Waals surface area contributed by atoms with E-state index in [9.17, 15) is 9.59 Å². The van der Waals surface area contributed by atoms with Crippen LogP contribution in [0, 0.1) is 0 Å². The Morgan fingerprint density at radius 1 is 1.48 bits per heavy atom. The van der Waals surface area contributed by atoms with Crippen molar-refractivity contribution in [2.75, 3.05) is 30.5 Å². The van der Waals surface area contributed by atoms with E-state index in [1.165, 1.54) is 7.11 Å². The van der Waals surface area contributed by atoms with Crippen molar-refractivity contribution in [3.05, 3.63) is 18.2 Å². The van der Waals surface area contributed by atoms with Gasteiger partial charge in [0, 0.05) is 25.4 Å². The number of amides is 2. The van der Waals surface area contributed by atoms with E-state index in [0.717, 1.165) is 12.1 Å². The van der Waals surface area contributed by atoms with Gasteiger partial charge in [-0.15, -0.1) is 0 Å². The molecule has 0 fully saturated rings. The van der Waals surface area contributed by atoms with Gasteiger partial charge in [-0.25, -0.2) is 0 Å². The number of ether oxygens (including phenoxy) is 2. The standard InChI is InChI=1S/C15H20N2O4/c1-4-7-17-12-6-5-11(16-14(18)9-20-3)8-13(12)21-10(2)15(17)19/h5-6,8,10H,4,7,9H2,1-3H3,(H,16,18). The smallest absolute Gasteiger partial charge is 0.267 e. The summed E-state index contributed by atoms with van der Waals surface area (Å²) in [6, 6.07) is 5.27. The normalized spacial score (nSPS) is 17.2. The Morgan fingerprint density at radius 3 is 2.90 bits per heavy atom. The molecule has 1 heterocycles. The summed E-state index contributed by atoms with van der Waals surface area (Å²) in [6.45, 7) is 4.39. The molecule has 114 valence electrons. The summed E-state index contributed by atoms with van der Waals surface area (Å²) in [6.07, 6.45) is 0.346. The van der Waals surface area contributed by atoms with Crippen LogP contribution in [-0.4, -0.2) is 38.2 Å². The number of hydrogen-bond acceptors (Lipinski definition) is 4. The fourth-order valence-corrected chi connectivity index (χ4v) is 2.27. The largest absolute Gasteiger partial charge is 0.479 e. The highest BCUT2D eigenvalue weighted by Gasteiger charge is 2.31. The van der Waals surface area contributed by atoms with Crippen LogP contribution in [0.25, 0.3) is 0 Å². The molecule has 2 amide bonds. The van der Waals surface area contributed by atoms with Gasteiger partial charge in [0.15, 0.2) is 6.10 Å². The molecule has 0 spiro atoms. The highest BCUT2D eigenvalue weighted by molar-refractivity contribution is 6.00. The van der Waals surface area contributed by atoms with Crippen molar-refractivity contribution in [2.45, 2.75) is 26.4 Å². The van der Waals surface area contributed by atoms with Gasteiger partial charge in [-0.05, 0) is 25.5 Å². The first-order valence-corrected chi connectivity index (χ1v) is 6.97. The third-order valence-electron chi connectivity index (χ3n) is 3.17. The lowest BCUT2D eigenvalue weighted by Crippen LogP contribution is -2.44. The molecule has 0 radical (unpaired) electrons. The number of methoxy groups -OCH3 is 1. The second kappa shape index (κ2) is 6.58. The topological polar surface area (TPSA) is 67.9 Å². The van der Waals surface area contributed by atoms with E-state index < -0.39 is 6.10 Å². The first-order chi connectivity index (χ1) is 10.1. The number of benzene rings is 1. The van der Waals surface area contributed by atoms with Gasteiger partial charge < -0.3 is 19.7 Å². The molecule has 1 aliphatic rings. The lowest BCUT2D eigenvalue weighted by atomic mass is 10.1. The van der Waals surface area contributed by atoms with Crippen molar-refractivity contribution < 1.29 is 19.1 Å². The molecule has 1 aromatic carbocycles. The quantitative estimate of drug-likeness (QED) is 0.898. The minimum atomic E-state index is -0.519. The number of carbonyl (C=O) groups is 2. The molecule has 6 nitrogen and oxygen atoms in total. The Kier molecular flexibility index (Phi) is 4.80. The van der Waals surface area contributed by atoms with Gasteiger partial charge in [0.1, 0.15) is 12.4 Å². The zero-order valence-electron chi connectivity index (χ0n) is 12.5. The van der Waals surface area contributed by atoms with Crippen molar-refractivity contribution in [1.29, 1.82) is 0 Å². The van der Waals surface area contributed by atoms with Gasteiger partial charge in [-0.3, -0.25) is 9.59 Å². The summed E-state index contributed by atoms with van der Waals surface area (Å²) in [5.41, 5.74) is 1.36. The van der Waals surface area contributed by atoms with Crippen LogP contribution >= 0.6 is 0 Å². The lowest BCUT2D eigenvalue weighted by Gasteiger charge is -2.33. The summed E-state index contributed by atoms with van der Waals surface area (Å²) in [5, 5.41) is 2.72. The first-order valence-electron chi connectivity index (χ1n) is 6.97. The van der Waals surface area contributed by atoms with Crippen LogP contribution in [0.5, 0.6) is 5.75 Å². The lowest BCUT2D eigenvalue weighted by molar-refractivity contribution is -0.125. The van der Waals surface area contributed by atoms with E-state index in [1.807, 2.05) is 6.92 Å². The molecule has 0 saturated carbocycles. The maximum absolute atomic E-state index is 12.1. The second-order valence-electron chi connectivity index (χ2n) is 4.91. The first kappa shape index (κ1) is 15.3. The van der Waals surface area contributed by atoms with Crippen LogP contribution in [0.4, 0.5) is 11.4 Å². The predicted octanol–water partition coefficient (Wildman–Crippen LogP) is 1.80. The number of nitrogens with zero attached hydrogens (tertiary/aromatic N) is 1. The maximum Gasteiger partial charge on any atom is 0.267 e. The fourth-order valence-electron chi connectivity index (χ4n) is 2.27. The zero-order chi connectivity index (χ0) is 15.4. The van der Waals surface area contributed by atoms with Crippen LogP contribution in [0.3, 0.4) is 0 Å². The Hall–Kier alpha value is -2.08. The van der Waals surface area contributed by atoms with E-state index in [2.05, 4.69) is 5.32 Å². The molecule has 1 atom stereocenters. The van der Waals surface area contributed by atoms with Gasteiger partial charge in [0.2, 0.25) is 5.91 Å². The van der Waals surface area contributed by atoms with Gasteiger partial charge in [-0.2, -0.15) is 0 Å². The molecule has 0 aromatic heterocycles. The van der Waals surface area contributed by atoms with Crippen LogP contribution in [-0.2, 0) is 14.3 Å². The maximum atomic E-state index is 12.1. The third kappa shape index (κ3) is 3.33. The number of nitrogens with one attached hydrogen (secondary N) is 1.